The van der Waals surface area contributed by atoms with Crippen LogP contribution in [0.4, 0.5) is 0 Å². The molecule has 0 amide bonds. The minimum atomic E-state index is -0.947. The smallest absolute Gasteiger partial charge is 0.311 e. The van der Waals surface area contributed by atoms with Gasteiger partial charge in [-0.25, -0.2) is 0 Å². The molecule has 3 heteroatoms. The molecule has 1 saturated heterocycles. The van der Waals surface area contributed by atoms with E-state index < -0.39 is 5.60 Å². The van der Waals surface area contributed by atoms with Crippen molar-refractivity contribution in [2.45, 2.75) is 19.4 Å². The van der Waals surface area contributed by atoms with Gasteiger partial charge in [0.1, 0.15) is 12.2 Å². The van der Waals surface area contributed by atoms with Gasteiger partial charge in [0.25, 0.3) is 0 Å². The van der Waals surface area contributed by atoms with Crippen LogP contribution in [0.25, 0.3) is 0 Å². The SMILES string of the molecule is CC1C(=O)OCC1(C)O. The van der Waals surface area contributed by atoms with Crippen molar-refractivity contribution in [3.8, 4) is 0 Å². The number of carbonyl (C=O) groups is 1. The molecule has 0 aromatic rings. The van der Waals surface area contributed by atoms with Crippen LogP contribution in [0.15, 0.2) is 0 Å². The lowest BCUT2D eigenvalue weighted by molar-refractivity contribution is -0.140. The van der Waals surface area contributed by atoms with Gasteiger partial charge in [-0.3, -0.25) is 4.79 Å². The Bertz CT molecular complexity index is 139. The molecule has 1 heterocycles. The van der Waals surface area contributed by atoms with Gasteiger partial charge in [-0.2, -0.15) is 0 Å². The fourth-order valence-corrected chi connectivity index (χ4v) is 0.721. The molecule has 52 valence electrons. The Morgan fingerprint density at radius 1 is 1.89 bits per heavy atom. The summed E-state index contributed by atoms with van der Waals surface area (Å²) >= 11 is 0. The highest BCUT2D eigenvalue weighted by atomic mass is 16.6. The van der Waals surface area contributed by atoms with E-state index in [1.54, 1.807) is 13.8 Å². The Kier molecular flexibility index (Phi) is 1.24. The molecule has 0 aliphatic carbocycles. The van der Waals surface area contributed by atoms with Crippen molar-refractivity contribution in [1.29, 1.82) is 0 Å². The van der Waals surface area contributed by atoms with E-state index in [0.29, 0.717) is 0 Å². The van der Waals surface area contributed by atoms with Crippen molar-refractivity contribution < 1.29 is 14.6 Å². The summed E-state index contributed by atoms with van der Waals surface area (Å²) in [6, 6.07) is 0. The summed E-state index contributed by atoms with van der Waals surface area (Å²) in [5, 5.41) is 9.29. The number of ether oxygens (including phenoxy) is 1. The van der Waals surface area contributed by atoms with E-state index >= 15 is 0 Å². The third kappa shape index (κ3) is 0.920. The standard InChI is InChI=1S/C6H10O3/c1-4-5(7)9-3-6(4,2)8/h4,8H,3H2,1-2H3. The van der Waals surface area contributed by atoms with Crippen molar-refractivity contribution in [3.63, 3.8) is 0 Å². The molecule has 2 unspecified atom stereocenters. The first-order chi connectivity index (χ1) is 4.04. The number of aliphatic hydroxyl groups is 1. The minimum Gasteiger partial charge on any atom is -0.462 e. The third-order valence-electron chi connectivity index (χ3n) is 1.79. The summed E-state index contributed by atoms with van der Waals surface area (Å²) in [4.78, 5) is 10.6. The molecule has 1 aliphatic heterocycles. The molecule has 0 saturated carbocycles. The normalized spacial score (nSPS) is 43.0. The van der Waals surface area contributed by atoms with Crippen LogP contribution in [0.3, 0.4) is 0 Å². The van der Waals surface area contributed by atoms with E-state index in [1.807, 2.05) is 0 Å². The second kappa shape index (κ2) is 1.70. The summed E-state index contributed by atoms with van der Waals surface area (Å²) in [6.07, 6.45) is 0. The molecule has 9 heavy (non-hydrogen) atoms. The summed E-state index contributed by atoms with van der Waals surface area (Å²) < 4.78 is 4.59. The van der Waals surface area contributed by atoms with Crippen LogP contribution < -0.4 is 0 Å². The number of hydrogen-bond donors (Lipinski definition) is 1. The quantitative estimate of drug-likeness (QED) is 0.467. The molecule has 0 aromatic carbocycles. The van der Waals surface area contributed by atoms with Crippen molar-refractivity contribution in [2.75, 3.05) is 6.61 Å². The maximum atomic E-state index is 10.6. The Balaban J connectivity index is 2.73. The van der Waals surface area contributed by atoms with Crippen LogP contribution in [0.2, 0.25) is 0 Å². The highest BCUT2D eigenvalue weighted by molar-refractivity contribution is 5.75. The van der Waals surface area contributed by atoms with Gasteiger partial charge in [0.2, 0.25) is 0 Å². The molecule has 1 rings (SSSR count). The van der Waals surface area contributed by atoms with E-state index in [-0.39, 0.29) is 18.5 Å². The lowest BCUT2D eigenvalue weighted by Crippen LogP contribution is -2.32. The molecule has 1 aliphatic rings. The summed E-state index contributed by atoms with van der Waals surface area (Å²) in [5.74, 6) is -0.683. The highest BCUT2D eigenvalue weighted by Crippen LogP contribution is 2.24. The zero-order chi connectivity index (χ0) is 7.07. The summed E-state index contributed by atoms with van der Waals surface area (Å²) in [5.41, 5.74) is -0.947. The highest BCUT2D eigenvalue weighted by Gasteiger charge is 2.42. The van der Waals surface area contributed by atoms with Gasteiger partial charge in [-0.15, -0.1) is 0 Å². The Morgan fingerprint density at radius 3 is 2.56 bits per heavy atom. The van der Waals surface area contributed by atoms with Crippen molar-refractivity contribution >= 4 is 5.97 Å². The van der Waals surface area contributed by atoms with E-state index in [4.69, 9.17) is 0 Å². The average molecular weight is 130 g/mol. The molecule has 2 atom stereocenters. The maximum absolute atomic E-state index is 10.6. The lowest BCUT2D eigenvalue weighted by Gasteiger charge is -2.15. The van der Waals surface area contributed by atoms with Gasteiger partial charge in [-0.05, 0) is 13.8 Å². The first-order valence-corrected chi connectivity index (χ1v) is 2.93. The van der Waals surface area contributed by atoms with Gasteiger partial charge in [0, 0.05) is 0 Å². The van der Waals surface area contributed by atoms with Crippen molar-refractivity contribution in [1.82, 2.24) is 0 Å². The topological polar surface area (TPSA) is 46.5 Å². The fourth-order valence-electron chi connectivity index (χ4n) is 0.721. The largest absolute Gasteiger partial charge is 0.462 e. The molecule has 0 radical (unpaired) electrons. The maximum Gasteiger partial charge on any atom is 0.311 e. The molecular weight excluding hydrogens is 120 g/mol. The Labute approximate surface area is 53.6 Å². The van der Waals surface area contributed by atoms with Crippen LogP contribution in [0.1, 0.15) is 13.8 Å². The molecule has 1 N–H and O–H groups in total. The molecule has 3 nitrogen and oxygen atoms in total. The Hall–Kier alpha value is -0.570. The fraction of sp³-hybridized carbons (Fsp3) is 0.833. The van der Waals surface area contributed by atoms with Crippen molar-refractivity contribution in [3.05, 3.63) is 0 Å². The van der Waals surface area contributed by atoms with E-state index in [2.05, 4.69) is 4.74 Å². The first-order valence-electron chi connectivity index (χ1n) is 2.93. The second-order valence-corrected chi connectivity index (χ2v) is 2.69. The van der Waals surface area contributed by atoms with Crippen LogP contribution >= 0.6 is 0 Å². The molecular formula is C6H10O3. The number of carbonyl (C=O) groups excluding carboxylic acids is 1. The predicted octanol–water partition coefficient (Wildman–Crippen LogP) is -0.0697. The third-order valence-corrected chi connectivity index (χ3v) is 1.79. The monoisotopic (exact) mass is 130 g/mol. The van der Waals surface area contributed by atoms with Gasteiger partial charge >= 0.3 is 5.97 Å². The van der Waals surface area contributed by atoms with Gasteiger partial charge < -0.3 is 9.84 Å². The van der Waals surface area contributed by atoms with Gasteiger partial charge in [-0.1, -0.05) is 0 Å². The van der Waals surface area contributed by atoms with Crippen LogP contribution in [-0.4, -0.2) is 23.3 Å². The van der Waals surface area contributed by atoms with E-state index in [9.17, 15) is 9.90 Å². The number of rotatable bonds is 0. The number of cyclic esters (lactones) is 1. The molecule has 0 bridgehead atoms. The van der Waals surface area contributed by atoms with Crippen LogP contribution in [0, 0.1) is 5.92 Å². The van der Waals surface area contributed by atoms with E-state index in [0.717, 1.165) is 0 Å². The first kappa shape index (κ1) is 6.55. The van der Waals surface area contributed by atoms with E-state index in [1.165, 1.54) is 0 Å². The number of esters is 1. The van der Waals surface area contributed by atoms with Crippen molar-refractivity contribution in [2.24, 2.45) is 5.92 Å². The zero-order valence-electron chi connectivity index (χ0n) is 5.55. The molecule has 0 spiro atoms. The molecule has 0 aromatic heterocycles. The second-order valence-electron chi connectivity index (χ2n) is 2.69. The predicted molar refractivity (Wildman–Crippen MR) is 30.7 cm³/mol. The minimum absolute atomic E-state index is 0.132. The zero-order valence-corrected chi connectivity index (χ0v) is 5.55. The van der Waals surface area contributed by atoms with Gasteiger partial charge in [0.15, 0.2) is 0 Å². The average Bonchev–Trinajstić information content (AvgIpc) is 1.97. The van der Waals surface area contributed by atoms with Gasteiger partial charge in [0.05, 0.1) is 5.92 Å². The summed E-state index contributed by atoms with van der Waals surface area (Å²) in [6.45, 7) is 3.39. The molecule has 1 fully saturated rings. The number of hydrogen-bond acceptors (Lipinski definition) is 3. The summed E-state index contributed by atoms with van der Waals surface area (Å²) in [7, 11) is 0. The lowest BCUT2D eigenvalue weighted by atomic mass is 9.95. The van der Waals surface area contributed by atoms with Crippen LogP contribution in [-0.2, 0) is 9.53 Å². The Morgan fingerprint density at radius 2 is 2.44 bits per heavy atom. The van der Waals surface area contributed by atoms with Crippen LogP contribution in [0.5, 0.6) is 0 Å².